The Hall–Kier alpha value is -2.58. The van der Waals surface area contributed by atoms with E-state index in [4.69, 9.17) is 27.9 Å². The Labute approximate surface area is 266 Å². The Morgan fingerprint density at radius 2 is 1.81 bits per heavy atom. The van der Waals surface area contributed by atoms with E-state index in [2.05, 4.69) is 6.92 Å². The number of rotatable bonds is 12. The van der Waals surface area contributed by atoms with Gasteiger partial charge in [-0.15, -0.1) is 0 Å². The van der Waals surface area contributed by atoms with Gasteiger partial charge in [0.05, 0.1) is 17.1 Å². The van der Waals surface area contributed by atoms with Gasteiger partial charge in [-0.25, -0.2) is 4.79 Å². The second-order valence-corrected chi connectivity index (χ2v) is 13.8. The molecule has 43 heavy (non-hydrogen) atoms. The first kappa shape index (κ1) is 34.9. The molecule has 4 atom stereocenters. The molecule has 1 aromatic carbocycles. The van der Waals surface area contributed by atoms with E-state index in [9.17, 15) is 19.2 Å². The number of likely N-dealkylation sites (N-methyl/N-ethyl adjacent to an activating group) is 1. The van der Waals surface area contributed by atoms with E-state index in [0.29, 0.717) is 34.2 Å². The lowest BCUT2D eigenvalue weighted by molar-refractivity contribution is -0.141. The molecule has 1 unspecified atom stereocenters. The standard InChI is InChI=1S/C33H47Cl2N3O5/c1-9-10-12-20(2)25(18-28(40)21(3)36(8)32(42)43-33(5,6)7)31(41)37-16-11-13-24(37)19-38-27-15-14-23(34)17-26(27)29(22(4)39)30(38)35/h14-15,17,20-21,24-25H,9-13,16,18-19H2,1-8H3/t20?,21-,24-,25-/m0/s1. The molecule has 1 saturated heterocycles. The monoisotopic (exact) mass is 635 g/mol. The molecule has 8 nitrogen and oxygen atoms in total. The summed E-state index contributed by atoms with van der Waals surface area (Å²) in [6, 6.07) is 4.49. The van der Waals surface area contributed by atoms with E-state index in [1.807, 2.05) is 22.5 Å². The first-order valence-electron chi connectivity index (χ1n) is 15.3. The Bertz CT molecular complexity index is 1350. The Balaban J connectivity index is 1.87. The number of fused-ring (bicyclic) bond motifs is 1. The number of Topliss-reactive ketones (excluding diaryl/α,β-unsaturated/α-hetero) is 2. The van der Waals surface area contributed by atoms with Crippen molar-refractivity contribution in [3.63, 3.8) is 0 Å². The van der Waals surface area contributed by atoms with Crippen molar-refractivity contribution in [1.29, 1.82) is 0 Å². The van der Waals surface area contributed by atoms with Gasteiger partial charge in [-0.3, -0.25) is 14.4 Å². The summed E-state index contributed by atoms with van der Waals surface area (Å²) in [4.78, 5) is 56.2. The second-order valence-electron chi connectivity index (χ2n) is 13.0. The number of ether oxygens (including phenoxy) is 1. The fourth-order valence-electron chi connectivity index (χ4n) is 5.90. The molecule has 0 spiro atoms. The van der Waals surface area contributed by atoms with Crippen LogP contribution in [0.2, 0.25) is 10.2 Å². The fraction of sp³-hybridized carbons (Fsp3) is 0.636. The van der Waals surface area contributed by atoms with Crippen LogP contribution in [0.3, 0.4) is 0 Å². The average Bonchev–Trinajstić information content (AvgIpc) is 3.49. The molecule has 0 N–H and O–H groups in total. The predicted molar refractivity (Wildman–Crippen MR) is 172 cm³/mol. The third-order valence-electron chi connectivity index (χ3n) is 8.53. The topological polar surface area (TPSA) is 88.9 Å². The highest BCUT2D eigenvalue weighted by Gasteiger charge is 2.39. The van der Waals surface area contributed by atoms with Gasteiger partial charge in [-0.2, -0.15) is 0 Å². The van der Waals surface area contributed by atoms with Crippen LogP contribution in [0.1, 0.15) is 97.3 Å². The number of ketones is 2. The number of carbonyl (C=O) groups excluding carboxylic acids is 4. The van der Waals surface area contributed by atoms with Crippen LogP contribution < -0.4 is 0 Å². The van der Waals surface area contributed by atoms with Crippen LogP contribution in [0.4, 0.5) is 4.79 Å². The van der Waals surface area contributed by atoms with Crippen molar-refractivity contribution in [2.24, 2.45) is 11.8 Å². The lowest BCUT2D eigenvalue weighted by Crippen LogP contribution is -2.47. The summed E-state index contributed by atoms with van der Waals surface area (Å²) in [5, 5.41) is 1.55. The Morgan fingerprint density at radius 3 is 2.42 bits per heavy atom. The maximum atomic E-state index is 14.3. The van der Waals surface area contributed by atoms with Gasteiger partial charge in [-0.05, 0) is 78.0 Å². The molecule has 2 aromatic rings. The minimum absolute atomic E-state index is 0.0147. The van der Waals surface area contributed by atoms with E-state index in [1.54, 1.807) is 46.9 Å². The van der Waals surface area contributed by atoms with Gasteiger partial charge < -0.3 is 19.1 Å². The van der Waals surface area contributed by atoms with Crippen LogP contribution in [0.15, 0.2) is 18.2 Å². The third-order valence-corrected chi connectivity index (χ3v) is 9.16. The van der Waals surface area contributed by atoms with Crippen molar-refractivity contribution < 1.29 is 23.9 Å². The zero-order valence-electron chi connectivity index (χ0n) is 26.8. The van der Waals surface area contributed by atoms with Gasteiger partial charge in [-0.1, -0.05) is 49.9 Å². The number of amides is 2. The molecular weight excluding hydrogens is 589 g/mol. The highest BCUT2D eigenvalue weighted by Crippen LogP contribution is 2.35. The summed E-state index contributed by atoms with van der Waals surface area (Å²) >= 11 is 13.0. The van der Waals surface area contributed by atoms with Crippen LogP contribution >= 0.6 is 23.2 Å². The molecule has 10 heteroatoms. The van der Waals surface area contributed by atoms with Gasteiger partial charge in [0.25, 0.3) is 0 Å². The highest BCUT2D eigenvalue weighted by atomic mass is 35.5. The number of unbranched alkanes of at least 4 members (excludes halogenated alkanes) is 1. The smallest absolute Gasteiger partial charge is 0.410 e. The maximum Gasteiger partial charge on any atom is 0.410 e. The number of halogens is 2. The summed E-state index contributed by atoms with van der Waals surface area (Å²) in [5.41, 5.74) is 0.535. The quantitative estimate of drug-likeness (QED) is 0.222. The lowest BCUT2D eigenvalue weighted by atomic mass is 9.83. The number of hydrogen-bond acceptors (Lipinski definition) is 5. The molecule has 3 rings (SSSR count). The maximum absolute atomic E-state index is 14.3. The average molecular weight is 637 g/mol. The highest BCUT2D eigenvalue weighted by molar-refractivity contribution is 6.36. The lowest BCUT2D eigenvalue weighted by Gasteiger charge is -2.33. The van der Waals surface area contributed by atoms with Crippen molar-refractivity contribution in [2.45, 2.75) is 111 Å². The van der Waals surface area contributed by atoms with E-state index < -0.39 is 23.7 Å². The molecule has 0 saturated carbocycles. The molecule has 238 valence electrons. The SMILES string of the molecule is CCCCC(C)[C@H](CC(=O)[C@H](C)N(C)C(=O)OC(C)(C)C)C(=O)N1CCC[C@H]1Cn1c(Cl)c(C(C)=O)c2cc(Cl)ccc21. The van der Waals surface area contributed by atoms with Crippen LogP contribution in [-0.4, -0.2) is 69.2 Å². The van der Waals surface area contributed by atoms with Gasteiger partial charge >= 0.3 is 6.09 Å². The second kappa shape index (κ2) is 14.5. The van der Waals surface area contributed by atoms with Crippen LogP contribution in [0.25, 0.3) is 10.9 Å². The minimum Gasteiger partial charge on any atom is -0.444 e. The number of hydrogen-bond donors (Lipinski definition) is 0. The van der Waals surface area contributed by atoms with Crippen molar-refractivity contribution in [2.75, 3.05) is 13.6 Å². The van der Waals surface area contributed by atoms with E-state index >= 15 is 0 Å². The summed E-state index contributed by atoms with van der Waals surface area (Å²) in [6.07, 6.45) is 3.86. The molecule has 1 aromatic heterocycles. The summed E-state index contributed by atoms with van der Waals surface area (Å²) < 4.78 is 7.36. The minimum atomic E-state index is -0.736. The zero-order chi connectivity index (χ0) is 32.2. The van der Waals surface area contributed by atoms with E-state index in [-0.39, 0.29) is 35.9 Å². The van der Waals surface area contributed by atoms with Crippen LogP contribution in [0.5, 0.6) is 0 Å². The largest absolute Gasteiger partial charge is 0.444 e. The fourth-order valence-corrected chi connectivity index (χ4v) is 6.47. The summed E-state index contributed by atoms with van der Waals surface area (Å²) in [5.74, 6) is -0.900. The molecule has 1 aliphatic rings. The van der Waals surface area contributed by atoms with Crippen molar-refractivity contribution in [3.8, 4) is 0 Å². The number of likely N-dealkylation sites (tertiary alicyclic amines) is 1. The number of benzene rings is 1. The zero-order valence-corrected chi connectivity index (χ0v) is 28.3. The van der Waals surface area contributed by atoms with Gasteiger partial charge in [0.1, 0.15) is 10.8 Å². The third kappa shape index (κ3) is 8.33. The first-order chi connectivity index (χ1) is 20.1. The van der Waals surface area contributed by atoms with Crippen molar-refractivity contribution >= 4 is 57.7 Å². The summed E-state index contributed by atoms with van der Waals surface area (Å²) in [6.45, 7) is 13.7. The van der Waals surface area contributed by atoms with Gasteiger partial charge in [0.15, 0.2) is 11.6 Å². The van der Waals surface area contributed by atoms with Crippen molar-refractivity contribution in [1.82, 2.24) is 14.4 Å². The Kier molecular flexibility index (Phi) is 11.7. The van der Waals surface area contributed by atoms with Crippen LogP contribution in [0, 0.1) is 11.8 Å². The molecule has 2 heterocycles. The first-order valence-corrected chi connectivity index (χ1v) is 16.1. The molecule has 0 radical (unpaired) electrons. The molecule has 2 amide bonds. The normalized spacial score (nSPS) is 17.5. The predicted octanol–water partition coefficient (Wildman–Crippen LogP) is 7.80. The van der Waals surface area contributed by atoms with Gasteiger partial charge in [0.2, 0.25) is 5.91 Å². The van der Waals surface area contributed by atoms with E-state index in [1.165, 1.54) is 11.8 Å². The van der Waals surface area contributed by atoms with Crippen molar-refractivity contribution in [3.05, 3.63) is 33.9 Å². The summed E-state index contributed by atoms with van der Waals surface area (Å²) in [7, 11) is 1.55. The van der Waals surface area contributed by atoms with E-state index in [0.717, 1.165) is 37.6 Å². The molecular formula is C33H47Cl2N3O5. The Morgan fingerprint density at radius 1 is 1.14 bits per heavy atom. The number of aromatic nitrogens is 1. The molecule has 1 fully saturated rings. The van der Waals surface area contributed by atoms with Gasteiger partial charge in [0, 0.05) is 48.9 Å². The molecule has 0 aliphatic carbocycles. The molecule has 0 bridgehead atoms. The number of nitrogens with zero attached hydrogens (tertiary/aromatic N) is 3. The van der Waals surface area contributed by atoms with Crippen LogP contribution in [-0.2, 0) is 20.9 Å². The molecule has 1 aliphatic heterocycles. The number of carbonyl (C=O) groups is 4.